The molecule has 10 nitrogen and oxygen atoms in total. The van der Waals surface area contributed by atoms with Gasteiger partial charge in [-0.3, -0.25) is 4.79 Å². The van der Waals surface area contributed by atoms with Gasteiger partial charge >= 0.3 is 0 Å². The minimum Gasteiger partial charge on any atom is -0.493 e. The van der Waals surface area contributed by atoms with Crippen LogP contribution in [0, 0.1) is 6.92 Å². The van der Waals surface area contributed by atoms with Crippen molar-refractivity contribution in [2.75, 3.05) is 27.2 Å². The van der Waals surface area contributed by atoms with Crippen LogP contribution in [0.1, 0.15) is 51.6 Å². The third-order valence-electron chi connectivity index (χ3n) is 6.00. The van der Waals surface area contributed by atoms with Crippen LogP contribution in [0.3, 0.4) is 0 Å². The maximum absolute atomic E-state index is 13.1. The first-order chi connectivity index (χ1) is 16.6. The van der Waals surface area contributed by atoms with E-state index in [2.05, 4.69) is 31.6 Å². The minimum atomic E-state index is -3.78. The highest BCUT2D eigenvalue weighted by Crippen LogP contribution is 2.30. The molecule has 0 radical (unpaired) electrons. The average molecular weight is 505 g/mol. The van der Waals surface area contributed by atoms with Gasteiger partial charge in [0.2, 0.25) is 10.0 Å². The van der Waals surface area contributed by atoms with Gasteiger partial charge in [0.25, 0.3) is 5.56 Å². The van der Waals surface area contributed by atoms with Crippen molar-refractivity contribution in [1.29, 1.82) is 0 Å². The second-order valence-electron chi connectivity index (χ2n) is 8.73. The molecule has 0 saturated heterocycles. The number of sulfonamides is 1. The van der Waals surface area contributed by atoms with Crippen LogP contribution in [-0.4, -0.2) is 66.2 Å². The summed E-state index contributed by atoms with van der Waals surface area (Å²) < 4.78 is 36.1. The highest BCUT2D eigenvalue weighted by Gasteiger charge is 2.21. The molecule has 0 fully saturated rings. The molecule has 11 heteroatoms. The van der Waals surface area contributed by atoms with E-state index in [4.69, 9.17) is 4.74 Å². The van der Waals surface area contributed by atoms with Gasteiger partial charge in [-0.1, -0.05) is 13.8 Å². The number of nitrogens with zero attached hydrogens (tertiary/aromatic N) is 4. The van der Waals surface area contributed by atoms with Crippen LogP contribution in [-0.2, 0) is 16.4 Å². The number of H-pyrrole nitrogens is 1. The van der Waals surface area contributed by atoms with Gasteiger partial charge in [-0.25, -0.2) is 22.6 Å². The zero-order valence-corrected chi connectivity index (χ0v) is 22.2. The molecule has 192 valence electrons. The van der Waals surface area contributed by atoms with Crippen LogP contribution in [0.25, 0.3) is 16.9 Å². The van der Waals surface area contributed by atoms with E-state index in [-0.39, 0.29) is 22.3 Å². The number of aromatic nitrogens is 4. The maximum atomic E-state index is 13.1. The minimum absolute atomic E-state index is 0.0761. The summed E-state index contributed by atoms with van der Waals surface area (Å²) in [5, 5.41) is 4.63. The molecular formula is C24H36N6O4S. The Labute approximate surface area is 206 Å². The lowest BCUT2D eigenvalue weighted by molar-refractivity contribution is 0.272. The molecule has 1 unspecified atom stereocenters. The number of nitrogens with one attached hydrogen (secondary N) is 2. The average Bonchev–Trinajstić information content (AvgIpc) is 3.12. The van der Waals surface area contributed by atoms with Gasteiger partial charge in [0.15, 0.2) is 11.3 Å². The molecule has 1 atom stereocenters. The number of hydrogen-bond acceptors (Lipinski definition) is 7. The Morgan fingerprint density at radius 2 is 1.97 bits per heavy atom. The van der Waals surface area contributed by atoms with Crippen LogP contribution < -0.4 is 15.0 Å². The van der Waals surface area contributed by atoms with Gasteiger partial charge in [-0.15, -0.1) is 5.10 Å². The Bertz CT molecular complexity index is 1330. The molecule has 0 amide bonds. The number of aromatic amines is 1. The zero-order valence-electron chi connectivity index (χ0n) is 21.4. The number of rotatable bonds is 12. The topological polar surface area (TPSA) is 122 Å². The zero-order chi connectivity index (χ0) is 25.8. The summed E-state index contributed by atoms with van der Waals surface area (Å²) in [5.41, 5.74) is 1.03. The van der Waals surface area contributed by atoms with Crippen molar-refractivity contribution in [3.8, 4) is 17.1 Å². The highest BCUT2D eigenvalue weighted by molar-refractivity contribution is 7.89. The van der Waals surface area contributed by atoms with Crippen LogP contribution in [0.5, 0.6) is 5.75 Å². The largest absolute Gasteiger partial charge is 0.493 e. The first kappa shape index (κ1) is 26.8. The number of aryl methyl sites for hydroxylation is 2. The highest BCUT2D eigenvalue weighted by atomic mass is 32.2. The van der Waals surface area contributed by atoms with E-state index in [1.165, 1.54) is 12.1 Å². The predicted molar refractivity (Wildman–Crippen MR) is 137 cm³/mol. The summed E-state index contributed by atoms with van der Waals surface area (Å²) in [6, 6.07) is 4.87. The number of hydrogen-bond donors (Lipinski definition) is 2. The Balaban J connectivity index is 2.03. The van der Waals surface area contributed by atoms with Gasteiger partial charge in [0, 0.05) is 19.0 Å². The van der Waals surface area contributed by atoms with E-state index in [1.807, 2.05) is 27.9 Å². The standard InChI is InChI=1S/C24H36N6O4S/c1-7-10-21-26-16(4)22-24(31)27-23(28-30(21)22)19-15-18(11-12-20(19)34-9-3)35(32,33)25-14-13-17(8-2)29(5)6/h11-12,15,17,25H,7-10,13-14H2,1-6H3,(H,27,28,31). The molecule has 0 spiro atoms. The van der Waals surface area contributed by atoms with Crippen molar-refractivity contribution < 1.29 is 13.2 Å². The van der Waals surface area contributed by atoms with E-state index in [1.54, 1.807) is 17.5 Å². The van der Waals surface area contributed by atoms with E-state index < -0.39 is 10.0 Å². The van der Waals surface area contributed by atoms with Crippen molar-refractivity contribution in [3.05, 3.63) is 40.1 Å². The molecule has 3 rings (SSSR count). The number of fused-ring (bicyclic) bond motifs is 1. The number of benzene rings is 1. The molecule has 1 aromatic carbocycles. The summed E-state index contributed by atoms with van der Waals surface area (Å²) in [6.07, 6.45) is 3.13. The van der Waals surface area contributed by atoms with Crippen molar-refractivity contribution in [2.24, 2.45) is 0 Å². The maximum Gasteiger partial charge on any atom is 0.277 e. The molecule has 0 aliphatic rings. The number of imidazole rings is 1. The summed E-state index contributed by atoms with van der Waals surface area (Å²) in [6.45, 7) is 8.41. The Morgan fingerprint density at radius 3 is 2.60 bits per heavy atom. The Hall–Kier alpha value is -2.76. The first-order valence-corrected chi connectivity index (χ1v) is 13.5. The Morgan fingerprint density at radius 1 is 1.23 bits per heavy atom. The van der Waals surface area contributed by atoms with Gasteiger partial charge in [0.1, 0.15) is 11.6 Å². The van der Waals surface area contributed by atoms with E-state index in [0.29, 0.717) is 54.3 Å². The van der Waals surface area contributed by atoms with Crippen LogP contribution in [0.15, 0.2) is 27.9 Å². The van der Waals surface area contributed by atoms with E-state index in [9.17, 15) is 13.2 Å². The summed E-state index contributed by atoms with van der Waals surface area (Å²) in [4.78, 5) is 22.4. The molecule has 35 heavy (non-hydrogen) atoms. The molecule has 0 saturated carbocycles. The van der Waals surface area contributed by atoms with Crippen LogP contribution in [0.4, 0.5) is 0 Å². The molecule has 2 heterocycles. The third kappa shape index (κ3) is 5.91. The Kier molecular flexibility index (Phi) is 8.68. The molecule has 2 N–H and O–H groups in total. The fourth-order valence-corrected chi connectivity index (χ4v) is 5.23. The molecular weight excluding hydrogens is 468 g/mol. The molecule has 0 bridgehead atoms. The molecule has 0 aliphatic carbocycles. The van der Waals surface area contributed by atoms with Crippen molar-refractivity contribution in [1.82, 2.24) is 29.2 Å². The fraction of sp³-hybridized carbons (Fsp3) is 0.542. The van der Waals surface area contributed by atoms with Gasteiger partial charge in [-0.05, 0) is 65.4 Å². The number of ether oxygens (including phenoxy) is 1. The lowest BCUT2D eigenvalue weighted by Gasteiger charge is -2.22. The molecule has 2 aromatic heterocycles. The van der Waals surface area contributed by atoms with Gasteiger partial charge in [-0.2, -0.15) is 0 Å². The quantitative estimate of drug-likeness (QED) is 0.389. The summed E-state index contributed by atoms with van der Waals surface area (Å²) in [7, 11) is 0.191. The molecule has 3 aromatic rings. The van der Waals surface area contributed by atoms with Crippen molar-refractivity contribution in [2.45, 2.75) is 64.3 Å². The van der Waals surface area contributed by atoms with Crippen LogP contribution >= 0.6 is 0 Å². The second kappa shape index (κ2) is 11.3. The summed E-state index contributed by atoms with van der Waals surface area (Å²) in [5.74, 6) is 1.33. The summed E-state index contributed by atoms with van der Waals surface area (Å²) >= 11 is 0. The van der Waals surface area contributed by atoms with Gasteiger partial charge < -0.3 is 14.6 Å². The third-order valence-corrected chi connectivity index (χ3v) is 7.46. The lowest BCUT2D eigenvalue weighted by Crippen LogP contribution is -2.33. The fourth-order valence-electron chi connectivity index (χ4n) is 4.16. The van der Waals surface area contributed by atoms with Crippen molar-refractivity contribution in [3.63, 3.8) is 0 Å². The van der Waals surface area contributed by atoms with E-state index >= 15 is 0 Å². The second-order valence-corrected chi connectivity index (χ2v) is 10.5. The lowest BCUT2D eigenvalue weighted by atomic mass is 10.1. The molecule has 0 aliphatic heterocycles. The van der Waals surface area contributed by atoms with Gasteiger partial charge in [0.05, 0.1) is 22.8 Å². The van der Waals surface area contributed by atoms with E-state index in [0.717, 1.165) is 12.8 Å². The predicted octanol–water partition coefficient (Wildman–Crippen LogP) is 2.75. The smallest absolute Gasteiger partial charge is 0.277 e. The van der Waals surface area contributed by atoms with Crippen molar-refractivity contribution >= 4 is 15.5 Å². The monoisotopic (exact) mass is 504 g/mol. The SMILES string of the molecule is CCCc1nc(C)c2c(=O)[nH]c(-c3cc(S(=O)(=O)NCCC(CC)N(C)C)ccc3OCC)nn12. The van der Waals surface area contributed by atoms with Crippen LogP contribution in [0.2, 0.25) is 0 Å². The first-order valence-electron chi connectivity index (χ1n) is 12.0. The normalized spacial score (nSPS) is 13.0.